The number of hydrogen-bond acceptors (Lipinski definition) is 3. The van der Waals surface area contributed by atoms with Crippen molar-refractivity contribution in [3.63, 3.8) is 0 Å². The molecular weight excluding hydrogens is 231 g/mol. The van der Waals surface area contributed by atoms with Gasteiger partial charge in [0, 0.05) is 17.3 Å². The van der Waals surface area contributed by atoms with Crippen molar-refractivity contribution >= 4 is 17.7 Å². The fraction of sp³-hybridized carbons (Fsp3) is 0.364. The molecule has 0 aliphatic carbocycles. The second kappa shape index (κ2) is 6.50. The van der Waals surface area contributed by atoms with Gasteiger partial charge in [0.05, 0.1) is 0 Å². The molecule has 88 valence electrons. The zero-order valence-electron chi connectivity index (χ0n) is 8.85. The van der Waals surface area contributed by atoms with Gasteiger partial charge in [-0.05, 0) is 25.1 Å². The average Bonchev–Trinajstić information content (AvgIpc) is 2.24. The minimum Gasteiger partial charge on any atom is -0.479 e. The topological polar surface area (TPSA) is 46.5 Å². The van der Waals surface area contributed by atoms with Crippen molar-refractivity contribution in [2.75, 3.05) is 12.4 Å². The number of rotatable bonds is 6. The summed E-state index contributed by atoms with van der Waals surface area (Å²) < 4.78 is 17.9. The largest absolute Gasteiger partial charge is 0.479 e. The van der Waals surface area contributed by atoms with Gasteiger partial charge in [-0.2, -0.15) is 0 Å². The van der Waals surface area contributed by atoms with Crippen LogP contribution >= 0.6 is 11.8 Å². The normalized spacial score (nSPS) is 12.4. The maximum absolute atomic E-state index is 12.8. The zero-order chi connectivity index (χ0) is 12.0. The quantitative estimate of drug-likeness (QED) is 0.781. The van der Waals surface area contributed by atoms with Crippen molar-refractivity contribution in [2.24, 2.45) is 0 Å². The zero-order valence-corrected chi connectivity index (χ0v) is 9.67. The molecule has 0 saturated heterocycles. The number of benzene rings is 1. The third kappa shape index (κ3) is 4.20. The monoisotopic (exact) mass is 244 g/mol. The van der Waals surface area contributed by atoms with Crippen LogP contribution in [0.4, 0.5) is 4.39 Å². The number of carboxylic acid groups (broad SMARTS) is 1. The highest BCUT2D eigenvalue weighted by atomic mass is 32.2. The first-order valence-electron chi connectivity index (χ1n) is 4.86. The molecule has 0 amide bonds. The van der Waals surface area contributed by atoms with Crippen LogP contribution in [0.3, 0.4) is 0 Å². The van der Waals surface area contributed by atoms with Gasteiger partial charge in [-0.3, -0.25) is 0 Å². The maximum Gasteiger partial charge on any atom is 0.333 e. The lowest BCUT2D eigenvalue weighted by molar-refractivity contribution is -0.148. The molecule has 0 aliphatic heterocycles. The smallest absolute Gasteiger partial charge is 0.333 e. The lowest BCUT2D eigenvalue weighted by Gasteiger charge is -2.11. The number of carbonyl (C=O) groups is 1. The lowest BCUT2D eigenvalue weighted by Crippen LogP contribution is -2.26. The highest BCUT2D eigenvalue weighted by Crippen LogP contribution is 2.20. The molecular formula is C11H13FO3S. The Bertz CT molecular complexity index is 357. The maximum atomic E-state index is 12.8. The van der Waals surface area contributed by atoms with E-state index in [1.165, 1.54) is 23.9 Å². The average molecular weight is 244 g/mol. The predicted molar refractivity (Wildman–Crippen MR) is 60.2 cm³/mol. The van der Waals surface area contributed by atoms with Crippen molar-refractivity contribution in [3.8, 4) is 0 Å². The van der Waals surface area contributed by atoms with Crippen LogP contribution in [0.2, 0.25) is 0 Å². The van der Waals surface area contributed by atoms with Gasteiger partial charge in [-0.25, -0.2) is 9.18 Å². The molecule has 0 aliphatic rings. The number of halogens is 1. The first-order valence-corrected chi connectivity index (χ1v) is 5.84. The molecule has 1 unspecified atom stereocenters. The third-order valence-electron chi connectivity index (χ3n) is 1.84. The van der Waals surface area contributed by atoms with E-state index in [2.05, 4.69) is 0 Å². The van der Waals surface area contributed by atoms with E-state index < -0.39 is 12.1 Å². The number of carboxylic acids is 1. The Labute approximate surface area is 97.6 Å². The summed E-state index contributed by atoms with van der Waals surface area (Å²) in [6.07, 6.45) is -0.849. The van der Waals surface area contributed by atoms with Gasteiger partial charge in [0.2, 0.25) is 0 Å². The van der Waals surface area contributed by atoms with E-state index in [1.54, 1.807) is 19.1 Å². The Morgan fingerprint density at radius 3 is 2.94 bits per heavy atom. The van der Waals surface area contributed by atoms with Crippen LogP contribution in [0.5, 0.6) is 0 Å². The molecule has 0 saturated carbocycles. The SMILES string of the molecule is CCOC(CSc1cccc(F)c1)C(=O)O. The highest BCUT2D eigenvalue weighted by Gasteiger charge is 2.17. The van der Waals surface area contributed by atoms with Crippen LogP contribution in [0.15, 0.2) is 29.2 Å². The van der Waals surface area contributed by atoms with E-state index in [0.717, 1.165) is 0 Å². The van der Waals surface area contributed by atoms with Crippen molar-refractivity contribution in [1.29, 1.82) is 0 Å². The summed E-state index contributed by atoms with van der Waals surface area (Å²) in [5, 5.41) is 8.82. The standard InChI is InChI=1S/C11H13FO3S/c1-2-15-10(11(13)14)7-16-9-5-3-4-8(12)6-9/h3-6,10H,2,7H2,1H3,(H,13,14). The molecule has 16 heavy (non-hydrogen) atoms. The Morgan fingerprint density at radius 2 is 2.38 bits per heavy atom. The van der Waals surface area contributed by atoms with Crippen LogP contribution in [0, 0.1) is 5.82 Å². The van der Waals surface area contributed by atoms with Crippen LogP contribution in [-0.2, 0) is 9.53 Å². The second-order valence-corrected chi connectivity index (χ2v) is 4.14. The van der Waals surface area contributed by atoms with Gasteiger partial charge in [0.15, 0.2) is 6.10 Å². The molecule has 0 bridgehead atoms. The first-order chi connectivity index (χ1) is 7.63. The molecule has 5 heteroatoms. The summed E-state index contributed by atoms with van der Waals surface area (Å²) in [4.78, 5) is 11.5. The van der Waals surface area contributed by atoms with Gasteiger partial charge < -0.3 is 9.84 Å². The summed E-state index contributed by atoms with van der Waals surface area (Å²) in [7, 11) is 0. The van der Waals surface area contributed by atoms with Gasteiger partial charge in [0.1, 0.15) is 5.82 Å². The molecule has 0 heterocycles. The Morgan fingerprint density at radius 1 is 1.62 bits per heavy atom. The number of hydrogen-bond donors (Lipinski definition) is 1. The Kier molecular flexibility index (Phi) is 5.28. The molecule has 1 atom stereocenters. The van der Waals surface area contributed by atoms with E-state index in [4.69, 9.17) is 9.84 Å². The molecule has 3 nitrogen and oxygen atoms in total. The van der Waals surface area contributed by atoms with E-state index in [0.29, 0.717) is 11.5 Å². The fourth-order valence-electron chi connectivity index (χ4n) is 1.12. The number of ether oxygens (including phenoxy) is 1. The van der Waals surface area contributed by atoms with E-state index >= 15 is 0 Å². The Hall–Kier alpha value is -1.07. The summed E-state index contributed by atoms with van der Waals surface area (Å²) in [5.41, 5.74) is 0. The molecule has 0 fully saturated rings. The summed E-state index contributed by atoms with van der Waals surface area (Å²) in [6, 6.07) is 6.05. The molecule has 0 radical (unpaired) electrons. The summed E-state index contributed by atoms with van der Waals surface area (Å²) >= 11 is 1.27. The second-order valence-electron chi connectivity index (χ2n) is 3.05. The van der Waals surface area contributed by atoms with Gasteiger partial charge in [0.25, 0.3) is 0 Å². The third-order valence-corrected chi connectivity index (χ3v) is 2.90. The van der Waals surface area contributed by atoms with Gasteiger partial charge in [-0.15, -0.1) is 11.8 Å². The van der Waals surface area contributed by atoms with E-state index in [9.17, 15) is 9.18 Å². The van der Waals surface area contributed by atoms with Crippen molar-refractivity contribution < 1.29 is 19.0 Å². The van der Waals surface area contributed by atoms with Gasteiger partial charge in [-0.1, -0.05) is 6.07 Å². The fourth-order valence-corrected chi connectivity index (χ4v) is 2.07. The van der Waals surface area contributed by atoms with E-state index in [-0.39, 0.29) is 11.6 Å². The van der Waals surface area contributed by atoms with Gasteiger partial charge >= 0.3 is 5.97 Å². The number of thioether (sulfide) groups is 1. The van der Waals surface area contributed by atoms with E-state index in [1.807, 2.05) is 0 Å². The van der Waals surface area contributed by atoms with Crippen molar-refractivity contribution in [1.82, 2.24) is 0 Å². The molecule has 1 aromatic carbocycles. The Balaban J connectivity index is 2.51. The minimum absolute atomic E-state index is 0.270. The van der Waals surface area contributed by atoms with Crippen LogP contribution in [-0.4, -0.2) is 29.5 Å². The van der Waals surface area contributed by atoms with Crippen LogP contribution in [0.1, 0.15) is 6.92 Å². The number of aliphatic carboxylic acids is 1. The predicted octanol–water partition coefficient (Wildman–Crippen LogP) is 2.41. The molecule has 0 spiro atoms. The minimum atomic E-state index is -0.995. The summed E-state index contributed by atoms with van der Waals surface area (Å²) in [5.74, 6) is -1.05. The lowest BCUT2D eigenvalue weighted by atomic mass is 10.3. The van der Waals surface area contributed by atoms with Crippen LogP contribution in [0.25, 0.3) is 0 Å². The molecule has 0 aromatic heterocycles. The van der Waals surface area contributed by atoms with Crippen LogP contribution < -0.4 is 0 Å². The molecule has 1 aromatic rings. The summed E-state index contributed by atoms with van der Waals surface area (Å²) in [6.45, 7) is 2.09. The highest BCUT2D eigenvalue weighted by molar-refractivity contribution is 7.99. The first kappa shape index (κ1) is 13.0. The molecule has 1 rings (SSSR count). The van der Waals surface area contributed by atoms with Crippen molar-refractivity contribution in [3.05, 3.63) is 30.1 Å². The van der Waals surface area contributed by atoms with Crippen molar-refractivity contribution in [2.45, 2.75) is 17.9 Å². The molecule has 1 N–H and O–H groups in total.